The summed E-state index contributed by atoms with van der Waals surface area (Å²) in [5.74, 6) is -3.89. The maximum absolute atomic E-state index is 11.6. The quantitative estimate of drug-likeness (QED) is 0.0116. The number of nitrogens with one attached hydrogen (secondary N) is 6. The number of methoxy groups -OCH3 is 4. The Hall–Kier alpha value is -7.79. The Morgan fingerprint density at radius 1 is 0.299 bits per heavy atom. The Morgan fingerprint density at radius 3 is 0.664 bits per heavy atom. The van der Waals surface area contributed by atoms with Gasteiger partial charge in [0.25, 0.3) is 5.97 Å². The Balaban J connectivity index is -0.000000128. The van der Waals surface area contributed by atoms with Crippen molar-refractivity contribution in [2.75, 3.05) is 89.9 Å². The molecular formula is C98H189N9O26P2S2. The number of carboxylic acids is 2. The van der Waals surface area contributed by atoms with Crippen LogP contribution in [0.5, 0.6) is 0 Å². The normalized spacial score (nSPS) is 11.5. The van der Waals surface area contributed by atoms with E-state index in [1.165, 1.54) is 76.4 Å². The molecule has 0 aliphatic heterocycles. The van der Waals surface area contributed by atoms with E-state index in [2.05, 4.69) is 102 Å². The van der Waals surface area contributed by atoms with E-state index in [0.29, 0.717) is 96.8 Å². The molecule has 0 saturated heterocycles. The summed E-state index contributed by atoms with van der Waals surface area (Å²) in [6, 6.07) is -0.313. The topological polar surface area (TPSA) is 572 Å². The van der Waals surface area contributed by atoms with Crippen LogP contribution in [0.1, 0.15) is 380 Å². The summed E-state index contributed by atoms with van der Waals surface area (Å²) in [5, 5.41) is 38.1. The zero-order valence-electron chi connectivity index (χ0n) is 88.5. The number of carbonyl (C=O) groups excluding carboxylic acids is 17. The Bertz CT molecular complexity index is 2950. The predicted molar refractivity (Wildman–Crippen MR) is 552 cm³/mol. The second-order valence-corrected chi connectivity index (χ2v) is 36.7. The first-order valence-electron chi connectivity index (χ1n) is 48.6. The van der Waals surface area contributed by atoms with Gasteiger partial charge in [0.2, 0.25) is 35.4 Å². The monoisotopic (exact) mass is 2030 g/mol. The number of carboxylic acid groups (broad SMARTS) is 2. The van der Waals surface area contributed by atoms with Crippen LogP contribution in [0.4, 0.5) is 0 Å². The van der Waals surface area contributed by atoms with Gasteiger partial charge >= 0.3 is 29.8 Å². The number of rotatable bonds is 65. The number of aliphatic hydroxyl groups excluding tert-OH is 1. The Kier molecular flexibility index (Phi) is 134. The standard InChI is InChI=1S/C13H25NO2.2C12H24N2O2.2C12H21NO4.2C11H20O3.C8H18N2O.C4H8O2.C2H4O2.CH4O.P2S2/c1-4-6-7-9-11(13(16)14-3)10-12(15)8-5-2;2*1-3-6-11(15)9-10(12(16)14-2)7-4-5-8-13;2*1-9(14)8-11(12(16)17-3)6-4-5-7-13-10(2)15;2*1-4-5-6-7-10(8-9(2)12)11(13)14-3;1-3-4-5-6-7(9)8(11)10-2;1-2-3-4(5)6;1-2(3)4;1-2;3-1-2-4/h11H,4-10H2,1-3H3,(H,14,16);2*10H,3-9,13H2,1-2H3,(H,14,16);2*11H,4-8H2,1-3H3,(H,13,15);2*10H,4-8H2,1-3H3;7H,3-6,9H2,1-2H3,(H,10,11);2-3H2,1H3,(H,5,6);1H3,(H,3,4);2H,1H3;/t11-;2*10-;2*11-;2*10-;7-;;;;/m11111110..../s1. The molecule has 0 rings (SSSR count). The molecule has 6 amide bonds. The fourth-order valence-corrected chi connectivity index (χ4v) is 12.5. The zero-order valence-corrected chi connectivity index (χ0v) is 91.9. The first-order valence-corrected chi connectivity index (χ1v) is 53.1. The van der Waals surface area contributed by atoms with Crippen molar-refractivity contribution < 1.29 is 125 Å². The molecule has 0 aliphatic rings. The summed E-state index contributed by atoms with van der Waals surface area (Å²) in [6.45, 7) is 28.7. The van der Waals surface area contributed by atoms with Crippen molar-refractivity contribution in [3.05, 3.63) is 0 Å². The summed E-state index contributed by atoms with van der Waals surface area (Å²) in [7, 11) is 14.6. The van der Waals surface area contributed by atoms with Gasteiger partial charge in [-0.1, -0.05) is 158 Å². The molecule has 0 aromatic heterocycles. The molecule has 0 radical (unpaired) electrons. The molecule has 0 heterocycles. The third kappa shape index (κ3) is 126. The molecule has 39 heteroatoms. The third-order valence-electron chi connectivity index (χ3n) is 19.5. The highest BCUT2D eigenvalue weighted by Gasteiger charge is 2.26. The van der Waals surface area contributed by atoms with Crippen molar-refractivity contribution in [1.29, 1.82) is 0 Å². The number of hydrogen-bond donors (Lipinski definition) is 12. The minimum Gasteiger partial charge on any atom is -0.481 e. The summed E-state index contributed by atoms with van der Waals surface area (Å²) >= 11 is 8.82. The van der Waals surface area contributed by atoms with Gasteiger partial charge in [0.05, 0.1) is 58.2 Å². The van der Waals surface area contributed by atoms with E-state index in [4.69, 9.17) is 37.3 Å². The fraction of sp³-hybridized carbons (Fsp3) is 0.806. The van der Waals surface area contributed by atoms with E-state index >= 15 is 0 Å². The van der Waals surface area contributed by atoms with Crippen LogP contribution < -0.4 is 49.1 Å². The number of amides is 6. The summed E-state index contributed by atoms with van der Waals surface area (Å²) < 4.78 is 18.6. The van der Waals surface area contributed by atoms with Gasteiger partial charge in [0.1, 0.15) is 40.5 Å². The molecule has 0 aliphatic carbocycles. The Morgan fingerprint density at radius 2 is 0.504 bits per heavy atom. The number of esters is 4. The highest BCUT2D eigenvalue weighted by molar-refractivity contribution is 8.40. The minimum atomic E-state index is -0.833. The van der Waals surface area contributed by atoms with Crippen LogP contribution in [0.2, 0.25) is 0 Å². The second kappa shape index (κ2) is 119. The van der Waals surface area contributed by atoms with Crippen LogP contribution in [0, 0.1) is 41.4 Å². The van der Waals surface area contributed by atoms with E-state index in [1.54, 1.807) is 28.2 Å². The van der Waals surface area contributed by atoms with Crippen molar-refractivity contribution in [1.82, 2.24) is 31.9 Å². The highest BCUT2D eigenvalue weighted by Crippen LogP contribution is 2.22. The smallest absolute Gasteiger partial charge is 0.309 e. The lowest BCUT2D eigenvalue weighted by molar-refractivity contribution is -0.147. The van der Waals surface area contributed by atoms with E-state index in [1.807, 2.05) is 27.7 Å². The molecule has 0 unspecified atom stereocenters. The lowest BCUT2D eigenvalue weighted by Crippen LogP contribution is -2.38. The van der Waals surface area contributed by atoms with E-state index in [0.717, 1.165) is 214 Å². The van der Waals surface area contributed by atoms with Gasteiger partial charge in [0.15, 0.2) is 0 Å². The first-order chi connectivity index (χ1) is 64.7. The number of hydrogen-bond acceptors (Lipinski definition) is 29. The molecule has 15 N–H and O–H groups in total. The van der Waals surface area contributed by atoms with E-state index in [-0.39, 0.29) is 160 Å². The minimum absolute atomic E-state index is 0.0118. The van der Waals surface area contributed by atoms with Gasteiger partial charge in [-0.05, 0) is 167 Å². The predicted octanol–water partition coefficient (Wildman–Crippen LogP) is 14.9. The van der Waals surface area contributed by atoms with Gasteiger partial charge in [-0.3, -0.25) is 71.9 Å². The number of aliphatic hydroxyl groups is 1. The number of likely N-dealkylation sites (N-methyl/N-ethyl adjacent to an activating group) is 1. The molecule has 0 aromatic rings. The number of Topliss-reactive ketones (excluding diaryl/α,β-unsaturated/α-hetero) is 7. The molecule has 0 spiro atoms. The SMILES string of the molecule is CC(=O)O.CCCC(=O)C[C@@H](CCCCN)C(=O)NC.CCCC(=O)C[C@@H](CCCCN)C(=O)NC.CCCC(=O)O.CCCCC[C@H](CC(=O)CCC)C(=O)NC.CCCCC[C@H](CC(C)=O)C(=O)OC.CCCCC[C@H](CC(C)=O)C(=O)OC.CCCCC[C@H](N)C(=O)NC.CO.COC(=O)[C@H](CCCCNC(C)=O)CC(C)=O.COC(=O)[C@H](CCCCNC(C)=O)CC(C)=O.S=PP=S. The van der Waals surface area contributed by atoms with Crippen molar-refractivity contribution in [2.24, 2.45) is 58.6 Å². The molecule has 0 aromatic carbocycles. The second-order valence-electron chi connectivity index (χ2n) is 32.5. The number of aliphatic carboxylic acids is 2. The molecule has 35 nitrogen and oxygen atoms in total. The van der Waals surface area contributed by atoms with Crippen LogP contribution >= 0.6 is 14.1 Å². The summed E-state index contributed by atoms with van der Waals surface area (Å²) in [4.78, 5) is 209. The summed E-state index contributed by atoms with van der Waals surface area (Å²) in [5.41, 5.74) is 16.4. The van der Waals surface area contributed by atoms with Crippen LogP contribution in [-0.4, -0.2) is 223 Å². The number of nitrogens with two attached hydrogens (primary N) is 3. The third-order valence-corrected chi connectivity index (χ3v) is 22.2. The molecule has 804 valence electrons. The van der Waals surface area contributed by atoms with Crippen molar-refractivity contribution in [2.45, 2.75) is 386 Å². The van der Waals surface area contributed by atoms with E-state index in [9.17, 15) is 86.3 Å². The summed E-state index contributed by atoms with van der Waals surface area (Å²) in [6.07, 6.45) is 33.4. The molecule has 0 fully saturated rings. The molecule has 137 heavy (non-hydrogen) atoms. The van der Waals surface area contributed by atoms with Crippen molar-refractivity contribution in [3.8, 4) is 0 Å². The largest absolute Gasteiger partial charge is 0.481 e. The first kappa shape index (κ1) is 155. The molecule has 0 saturated carbocycles. The van der Waals surface area contributed by atoms with E-state index < -0.39 is 11.9 Å². The molecule has 8 atom stereocenters. The van der Waals surface area contributed by atoms with Crippen LogP contribution in [0.15, 0.2) is 0 Å². The number of ketones is 7. The van der Waals surface area contributed by atoms with Crippen LogP contribution in [0.25, 0.3) is 0 Å². The average molecular weight is 2040 g/mol. The van der Waals surface area contributed by atoms with Crippen molar-refractivity contribution >= 4 is 149 Å². The average Bonchev–Trinajstić information content (AvgIpc) is 0.936. The maximum Gasteiger partial charge on any atom is 0.309 e. The van der Waals surface area contributed by atoms with Gasteiger partial charge in [0, 0.05) is 172 Å². The zero-order chi connectivity index (χ0) is 108. The van der Waals surface area contributed by atoms with Crippen LogP contribution in [-0.2, 0) is 134 Å². The van der Waals surface area contributed by atoms with Crippen LogP contribution in [0.3, 0.4) is 0 Å². The maximum atomic E-state index is 11.6. The lowest BCUT2D eigenvalue weighted by Gasteiger charge is -2.14. The van der Waals surface area contributed by atoms with Gasteiger partial charge in [-0.2, -0.15) is 0 Å². The number of unbranched alkanes of at least 4 members (excludes halogenated alkanes) is 12. The molecular weight excluding hydrogens is 1850 g/mol. The molecule has 0 bridgehead atoms. The van der Waals surface area contributed by atoms with Gasteiger partial charge < -0.3 is 103 Å². The van der Waals surface area contributed by atoms with Gasteiger partial charge in [-0.25, -0.2) is 0 Å². The lowest BCUT2D eigenvalue weighted by atomic mass is 9.93. The highest BCUT2D eigenvalue weighted by atomic mass is 32.7. The number of ether oxygens (including phenoxy) is 4. The number of carbonyl (C=O) groups is 19. The van der Waals surface area contributed by atoms with Gasteiger partial charge in [-0.15, -0.1) is 0 Å². The van der Waals surface area contributed by atoms with Crippen molar-refractivity contribution in [3.63, 3.8) is 0 Å². The fourth-order valence-electron chi connectivity index (χ4n) is 12.5. The Labute approximate surface area is 836 Å².